The molecule has 0 aromatic carbocycles. The van der Waals surface area contributed by atoms with E-state index in [1.807, 2.05) is 19.1 Å². The Bertz CT molecular complexity index is 330. The maximum atomic E-state index is 5.85. The summed E-state index contributed by atoms with van der Waals surface area (Å²) in [6.07, 6.45) is 4.14. The molecule has 3 heteroatoms. The number of nitrogens with two attached hydrogens (primary N) is 1. The van der Waals surface area contributed by atoms with E-state index in [1.54, 1.807) is 0 Å². The average molecular weight is 222 g/mol. The first-order valence-corrected chi connectivity index (χ1v) is 6.17. The van der Waals surface area contributed by atoms with Crippen LogP contribution in [0.25, 0.3) is 0 Å². The van der Waals surface area contributed by atoms with Gasteiger partial charge in [-0.2, -0.15) is 0 Å². The van der Waals surface area contributed by atoms with Crippen molar-refractivity contribution in [2.75, 3.05) is 20.1 Å². The molecule has 90 valence electrons. The first kappa shape index (κ1) is 11.7. The number of rotatable bonds is 5. The number of likely N-dealkylation sites (N-methyl/N-ethyl adjacent to an activating group) is 1. The van der Waals surface area contributed by atoms with Crippen LogP contribution in [-0.4, -0.2) is 25.0 Å². The Labute approximate surface area is 97.6 Å². The molecular formula is C13H22N2O. The third-order valence-electron chi connectivity index (χ3n) is 3.62. The molecule has 1 unspecified atom stereocenters. The lowest BCUT2D eigenvalue weighted by atomic mass is 9.85. The summed E-state index contributed by atoms with van der Waals surface area (Å²) >= 11 is 0. The van der Waals surface area contributed by atoms with Crippen molar-refractivity contribution >= 4 is 0 Å². The lowest BCUT2D eigenvalue weighted by Gasteiger charge is -2.33. The van der Waals surface area contributed by atoms with E-state index in [-0.39, 0.29) is 6.04 Å². The number of hydrogen-bond acceptors (Lipinski definition) is 3. The minimum Gasteiger partial charge on any atom is -0.465 e. The molecule has 1 saturated carbocycles. The van der Waals surface area contributed by atoms with E-state index in [2.05, 4.69) is 11.9 Å². The van der Waals surface area contributed by atoms with Crippen LogP contribution in [0.5, 0.6) is 0 Å². The van der Waals surface area contributed by atoms with Gasteiger partial charge in [0.2, 0.25) is 0 Å². The summed E-state index contributed by atoms with van der Waals surface area (Å²) in [6, 6.07) is 4.29. The maximum absolute atomic E-state index is 5.85. The van der Waals surface area contributed by atoms with Gasteiger partial charge >= 0.3 is 0 Å². The van der Waals surface area contributed by atoms with Gasteiger partial charge in [0.05, 0.1) is 6.04 Å². The molecule has 16 heavy (non-hydrogen) atoms. The molecule has 2 N–H and O–H groups in total. The standard InChI is InChI=1S/C13H22N2O/c1-10-6-7-13(16-10)12(8-14)15(2)9-11-4-3-5-11/h6-7,11-12H,3-5,8-9,14H2,1-2H3. The molecule has 1 aromatic rings. The zero-order chi connectivity index (χ0) is 11.5. The number of aryl methyl sites for hydroxylation is 1. The molecule has 0 aliphatic heterocycles. The summed E-state index contributed by atoms with van der Waals surface area (Å²) in [7, 11) is 2.15. The zero-order valence-electron chi connectivity index (χ0n) is 10.3. The first-order valence-electron chi connectivity index (χ1n) is 6.17. The molecule has 1 aliphatic carbocycles. The second-order valence-corrected chi connectivity index (χ2v) is 4.94. The lowest BCUT2D eigenvalue weighted by Crippen LogP contribution is -2.35. The minimum atomic E-state index is 0.231. The quantitative estimate of drug-likeness (QED) is 0.831. The third-order valence-corrected chi connectivity index (χ3v) is 3.62. The molecule has 1 aromatic heterocycles. The van der Waals surface area contributed by atoms with Crippen LogP contribution in [-0.2, 0) is 0 Å². The van der Waals surface area contributed by atoms with Crippen molar-refractivity contribution in [2.24, 2.45) is 11.7 Å². The third kappa shape index (κ3) is 2.47. The van der Waals surface area contributed by atoms with Gasteiger partial charge in [-0.1, -0.05) is 6.42 Å². The fraction of sp³-hybridized carbons (Fsp3) is 0.692. The normalized spacial score (nSPS) is 18.8. The van der Waals surface area contributed by atoms with Crippen LogP contribution in [0.3, 0.4) is 0 Å². The summed E-state index contributed by atoms with van der Waals surface area (Å²) in [5.41, 5.74) is 5.85. The predicted octanol–water partition coefficient (Wildman–Crippen LogP) is 2.32. The van der Waals surface area contributed by atoms with Crippen molar-refractivity contribution in [3.8, 4) is 0 Å². The summed E-state index contributed by atoms with van der Waals surface area (Å²) in [5, 5.41) is 0. The van der Waals surface area contributed by atoms with Gasteiger partial charge in [-0.15, -0.1) is 0 Å². The Morgan fingerprint density at radius 2 is 2.25 bits per heavy atom. The average Bonchev–Trinajstić information content (AvgIpc) is 2.60. The van der Waals surface area contributed by atoms with Crippen molar-refractivity contribution in [2.45, 2.75) is 32.2 Å². The largest absolute Gasteiger partial charge is 0.465 e. The van der Waals surface area contributed by atoms with Gasteiger partial charge in [-0.25, -0.2) is 0 Å². The molecule has 1 atom stereocenters. The molecule has 0 saturated heterocycles. The van der Waals surface area contributed by atoms with Crippen LogP contribution in [0.4, 0.5) is 0 Å². The fourth-order valence-corrected chi connectivity index (χ4v) is 2.36. The Balaban J connectivity index is 1.97. The Kier molecular flexibility index (Phi) is 3.66. The summed E-state index contributed by atoms with van der Waals surface area (Å²) in [4.78, 5) is 2.34. The fourth-order valence-electron chi connectivity index (χ4n) is 2.36. The molecule has 1 aliphatic rings. The Hall–Kier alpha value is -0.800. The SMILES string of the molecule is Cc1ccc(C(CN)N(C)CC2CCC2)o1. The highest BCUT2D eigenvalue weighted by Gasteiger charge is 2.24. The van der Waals surface area contributed by atoms with Gasteiger partial charge in [0.25, 0.3) is 0 Å². The zero-order valence-corrected chi connectivity index (χ0v) is 10.3. The van der Waals surface area contributed by atoms with Crippen LogP contribution < -0.4 is 5.73 Å². The Morgan fingerprint density at radius 3 is 2.69 bits per heavy atom. The highest BCUT2D eigenvalue weighted by Crippen LogP contribution is 2.29. The van der Waals surface area contributed by atoms with E-state index in [4.69, 9.17) is 10.2 Å². The van der Waals surface area contributed by atoms with Crippen molar-refractivity contribution in [1.29, 1.82) is 0 Å². The van der Waals surface area contributed by atoms with Crippen LogP contribution in [0.2, 0.25) is 0 Å². The van der Waals surface area contributed by atoms with Crippen molar-refractivity contribution in [1.82, 2.24) is 4.90 Å². The highest BCUT2D eigenvalue weighted by atomic mass is 16.3. The van der Waals surface area contributed by atoms with Crippen molar-refractivity contribution in [3.63, 3.8) is 0 Å². The van der Waals surface area contributed by atoms with Gasteiger partial charge in [0, 0.05) is 13.1 Å². The number of hydrogen-bond donors (Lipinski definition) is 1. The summed E-state index contributed by atoms with van der Waals surface area (Å²) in [6.45, 7) is 3.74. The molecule has 2 rings (SSSR count). The molecule has 1 heterocycles. The van der Waals surface area contributed by atoms with E-state index in [1.165, 1.54) is 19.3 Å². The van der Waals surface area contributed by atoms with Crippen molar-refractivity contribution in [3.05, 3.63) is 23.7 Å². The first-order chi connectivity index (χ1) is 7.70. The minimum absolute atomic E-state index is 0.231. The highest BCUT2D eigenvalue weighted by molar-refractivity contribution is 5.10. The molecule has 1 fully saturated rings. The topological polar surface area (TPSA) is 42.4 Å². The van der Waals surface area contributed by atoms with Gasteiger partial charge in [-0.05, 0) is 44.9 Å². The smallest absolute Gasteiger partial charge is 0.122 e. The lowest BCUT2D eigenvalue weighted by molar-refractivity contribution is 0.151. The van der Waals surface area contributed by atoms with Gasteiger partial charge < -0.3 is 10.2 Å². The van der Waals surface area contributed by atoms with Crippen LogP contribution in [0, 0.1) is 12.8 Å². The molecule has 0 bridgehead atoms. The molecule has 0 amide bonds. The second kappa shape index (κ2) is 5.02. The number of nitrogens with zero attached hydrogens (tertiary/aromatic N) is 1. The second-order valence-electron chi connectivity index (χ2n) is 4.94. The summed E-state index contributed by atoms with van der Waals surface area (Å²) < 4.78 is 5.67. The van der Waals surface area contributed by atoms with Crippen LogP contribution >= 0.6 is 0 Å². The molecule has 0 radical (unpaired) electrons. The Morgan fingerprint density at radius 1 is 1.50 bits per heavy atom. The van der Waals surface area contributed by atoms with E-state index in [0.29, 0.717) is 6.54 Å². The van der Waals surface area contributed by atoms with Crippen LogP contribution in [0.15, 0.2) is 16.5 Å². The van der Waals surface area contributed by atoms with Crippen LogP contribution in [0.1, 0.15) is 36.8 Å². The maximum Gasteiger partial charge on any atom is 0.122 e. The van der Waals surface area contributed by atoms with Gasteiger partial charge in [0.15, 0.2) is 0 Å². The molecule has 3 nitrogen and oxygen atoms in total. The summed E-state index contributed by atoms with van der Waals surface area (Å²) in [5.74, 6) is 2.84. The van der Waals surface area contributed by atoms with E-state index < -0.39 is 0 Å². The predicted molar refractivity (Wildman–Crippen MR) is 65.2 cm³/mol. The van der Waals surface area contributed by atoms with Gasteiger partial charge in [0.1, 0.15) is 11.5 Å². The van der Waals surface area contributed by atoms with Gasteiger partial charge in [-0.3, -0.25) is 4.90 Å². The van der Waals surface area contributed by atoms with E-state index >= 15 is 0 Å². The monoisotopic (exact) mass is 222 g/mol. The molecule has 0 spiro atoms. The number of furan rings is 1. The van der Waals surface area contributed by atoms with E-state index in [9.17, 15) is 0 Å². The molecular weight excluding hydrogens is 200 g/mol. The van der Waals surface area contributed by atoms with Crippen molar-refractivity contribution < 1.29 is 4.42 Å². The van der Waals surface area contributed by atoms with E-state index in [0.717, 1.165) is 24.0 Å².